The van der Waals surface area contributed by atoms with Crippen molar-refractivity contribution in [2.24, 2.45) is 5.92 Å². The summed E-state index contributed by atoms with van der Waals surface area (Å²) in [5.74, 6) is 0.946. The number of aromatic nitrogens is 3. The van der Waals surface area contributed by atoms with Crippen molar-refractivity contribution in [1.82, 2.24) is 20.3 Å². The van der Waals surface area contributed by atoms with Gasteiger partial charge in [0.25, 0.3) is 0 Å². The lowest BCUT2D eigenvalue weighted by molar-refractivity contribution is -0.125. The number of hydrogen-bond acceptors (Lipinski definition) is 4. The highest BCUT2D eigenvalue weighted by Crippen LogP contribution is 2.21. The summed E-state index contributed by atoms with van der Waals surface area (Å²) in [6.45, 7) is 2.06. The number of hydrogen-bond donors (Lipinski definition) is 3. The van der Waals surface area contributed by atoms with Crippen LogP contribution in [0.4, 0.5) is 5.82 Å². The Labute approximate surface area is 150 Å². The van der Waals surface area contributed by atoms with Crippen LogP contribution in [0.5, 0.6) is 0 Å². The Kier molecular flexibility index (Phi) is 4.43. The fourth-order valence-electron chi connectivity index (χ4n) is 3.46. The number of amides is 1. The lowest BCUT2D eigenvalue weighted by Crippen LogP contribution is -2.43. The molecule has 134 valence electrons. The van der Waals surface area contributed by atoms with E-state index in [1.54, 1.807) is 6.20 Å². The third-order valence-corrected chi connectivity index (χ3v) is 4.81. The van der Waals surface area contributed by atoms with E-state index >= 15 is 0 Å². The predicted octanol–water partition coefficient (Wildman–Crippen LogP) is 1.78. The normalized spacial score (nSPS) is 17.4. The van der Waals surface area contributed by atoms with Crippen molar-refractivity contribution in [1.29, 1.82) is 0 Å². The summed E-state index contributed by atoms with van der Waals surface area (Å²) < 4.78 is 0. The van der Waals surface area contributed by atoms with Crippen LogP contribution >= 0.6 is 0 Å². The monoisotopic (exact) mass is 351 g/mol. The highest BCUT2D eigenvalue weighted by molar-refractivity contribution is 5.80. The molecule has 1 amide bonds. The van der Waals surface area contributed by atoms with Crippen molar-refractivity contribution in [2.75, 3.05) is 18.0 Å². The molecular weight excluding hydrogens is 330 g/mol. The van der Waals surface area contributed by atoms with Gasteiger partial charge in [-0.25, -0.2) is 9.78 Å². The van der Waals surface area contributed by atoms with E-state index in [1.807, 2.05) is 36.4 Å². The Morgan fingerprint density at radius 2 is 2.12 bits per heavy atom. The van der Waals surface area contributed by atoms with E-state index < -0.39 is 0 Å². The number of carbonyl (C=O) groups is 1. The third kappa shape index (κ3) is 3.46. The van der Waals surface area contributed by atoms with E-state index in [9.17, 15) is 9.59 Å². The molecule has 0 aliphatic carbocycles. The van der Waals surface area contributed by atoms with Crippen LogP contribution in [0.2, 0.25) is 0 Å². The number of pyridine rings is 1. The summed E-state index contributed by atoms with van der Waals surface area (Å²) in [6.07, 6.45) is 3.64. The average Bonchev–Trinajstić information content (AvgIpc) is 3.06. The maximum atomic E-state index is 12.6. The smallest absolute Gasteiger partial charge is 0.323 e. The maximum absolute atomic E-state index is 12.6. The Morgan fingerprint density at radius 1 is 1.23 bits per heavy atom. The van der Waals surface area contributed by atoms with Gasteiger partial charge >= 0.3 is 5.69 Å². The molecule has 0 spiro atoms. The molecule has 0 saturated carbocycles. The van der Waals surface area contributed by atoms with E-state index in [0.717, 1.165) is 41.8 Å². The lowest BCUT2D eigenvalue weighted by Gasteiger charge is -2.32. The van der Waals surface area contributed by atoms with Gasteiger partial charge in [-0.2, -0.15) is 0 Å². The van der Waals surface area contributed by atoms with Crippen LogP contribution in [-0.2, 0) is 11.3 Å². The number of imidazole rings is 1. The van der Waals surface area contributed by atoms with E-state index in [2.05, 4.69) is 25.2 Å². The number of aromatic amines is 2. The fraction of sp³-hybridized carbons (Fsp3) is 0.316. The molecule has 1 saturated heterocycles. The summed E-state index contributed by atoms with van der Waals surface area (Å²) in [5.41, 5.74) is 2.25. The Hall–Kier alpha value is -3.09. The molecule has 3 N–H and O–H groups in total. The largest absolute Gasteiger partial charge is 0.356 e. The van der Waals surface area contributed by atoms with Gasteiger partial charge in [-0.15, -0.1) is 0 Å². The van der Waals surface area contributed by atoms with Gasteiger partial charge < -0.3 is 20.2 Å². The summed E-state index contributed by atoms with van der Waals surface area (Å²) in [7, 11) is 0. The molecular formula is C19H21N5O2. The van der Waals surface area contributed by atoms with Crippen LogP contribution in [0.1, 0.15) is 18.4 Å². The second-order valence-electron chi connectivity index (χ2n) is 6.65. The van der Waals surface area contributed by atoms with Gasteiger partial charge in [-0.05, 0) is 42.7 Å². The third-order valence-electron chi connectivity index (χ3n) is 4.81. The van der Waals surface area contributed by atoms with Crippen molar-refractivity contribution in [3.05, 3.63) is 58.6 Å². The Morgan fingerprint density at radius 3 is 2.96 bits per heavy atom. The quantitative estimate of drug-likeness (QED) is 0.668. The van der Waals surface area contributed by atoms with Gasteiger partial charge in [0.2, 0.25) is 5.91 Å². The molecule has 7 nitrogen and oxygen atoms in total. The van der Waals surface area contributed by atoms with Crippen LogP contribution in [0, 0.1) is 5.92 Å². The molecule has 3 heterocycles. The van der Waals surface area contributed by atoms with Gasteiger partial charge in [-0.3, -0.25) is 4.79 Å². The second kappa shape index (κ2) is 7.03. The number of benzene rings is 1. The van der Waals surface area contributed by atoms with Gasteiger partial charge in [0.15, 0.2) is 0 Å². The summed E-state index contributed by atoms with van der Waals surface area (Å²) in [4.78, 5) is 35.9. The van der Waals surface area contributed by atoms with Crippen LogP contribution in [0.15, 0.2) is 47.4 Å². The molecule has 0 radical (unpaired) electrons. The minimum atomic E-state index is -0.224. The molecule has 1 aliphatic heterocycles. The number of fused-ring (bicyclic) bond motifs is 1. The number of carbonyl (C=O) groups excluding carboxylic acids is 1. The number of anilines is 1. The number of H-pyrrole nitrogens is 2. The minimum absolute atomic E-state index is 0.0402. The molecule has 1 aliphatic rings. The first kappa shape index (κ1) is 16.4. The lowest BCUT2D eigenvalue weighted by atomic mass is 9.97. The molecule has 1 unspecified atom stereocenters. The van der Waals surface area contributed by atoms with Gasteiger partial charge in [0.1, 0.15) is 5.82 Å². The SMILES string of the molecule is O=C(NCc1ccc2[nH]c(=O)[nH]c2c1)C1CCCN(c2ccccn2)C1. The van der Waals surface area contributed by atoms with E-state index in [-0.39, 0.29) is 17.5 Å². The molecule has 26 heavy (non-hydrogen) atoms. The average molecular weight is 351 g/mol. The number of nitrogens with zero attached hydrogens (tertiary/aromatic N) is 2. The van der Waals surface area contributed by atoms with Crippen LogP contribution in [-0.4, -0.2) is 33.9 Å². The molecule has 1 fully saturated rings. The first-order chi connectivity index (χ1) is 12.7. The summed E-state index contributed by atoms with van der Waals surface area (Å²) in [6, 6.07) is 11.5. The first-order valence-corrected chi connectivity index (χ1v) is 8.84. The zero-order valence-electron chi connectivity index (χ0n) is 14.4. The highest BCUT2D eigenvalue weighted by Gasteiger charge is 2.26. The van der Waals surface area contributed by atoms with Crippen molar-refractivity contribution >= 4 is 22.8 Å². The van der Waals surface area contributed by atoms with Crippen molar-refractivity contribution in [2.45, 2.75) is 19.4 Å². The second-order valence-corrected chi connectivity index (χ2v) is 6.65. The molecule has 7 heteroatoms. The van der Waals surface area contributed by atoms with Gasteiger partial charge in [-0.1, -0.05) is 12.1 Å². The Balaban J connectivity index is 1.38. The number of rotatable bonds is 4. The first-order valence-electron chi connectivity index (χ1n) is 8.84. The molecule has 1 aromatic carbocycles. The molecule has 2 aromatic heterocycles. The van der Waals surface area contributed by atoms with E-state index in [0.29, 0.717) is 13.1 Å². The standard InChI is InChI=1S/C19H21N5O2/c25-18(14-4-3-9-24(12-14)17-5-1-2-8-20-17)21-11-13-6-7-15-16(10-13)23-19(26)22-15/h1-2,5-8,10,14H,3-4,9,11-12H2,(H,21,25)(H2,22,23,26). The van der Waals surface area contributed by atoms with Gasteiger partial charge in [0.05, 0.1) is 17.0 Å². The van der Waals surface area contributed by atoms with Gasteiger partial charge in [0, 0.05) is 25.8 Å². The highest BCUT2D eigenvalue weighted by atomic mass is 16.2. The van der Waals surface area contributed by atoms with Crippen LogP contribution < -0.4 is 15.9 Å². The maximum Gasteiger partial charge on any atom is 0.323 e. The molecule has 0 bridgehead atoms. The van der Waals surface area contributed by atoms with E-state index in [4.69, 9.17) is 0 Å². The topological polar surface area (TPSA) is 93.9 Å². The molecule has 1 atom stereocenters. The van der Waals surface area contributed by atoms with E-state index in [1.165, 1.54) is 0 Å². The zero-order valence-corrected chi connectivity index (χ0v) is 14.4. The predicted molar refractivity (Wildman–Crippen MR) is 99.9 cm³/mol. The van der Waals surface area contributed by atoms with Crippen LogP contribution in [0.3, 0.4) is 0 Å². The fourth-order valence-corrected chi connectivity index (χ4v) is 3.46. The van der Waals surface area contributed by atoms with Crippen molar-refractivity contribution in [3.8, 4) is 0 Å². The minimum Gasteiger partial charge on any atom is -0.356 e. The van der Waals surface area contributed by atoms with Crippen LogP contribution in [0.25, 0.3) is 11.0 Å². The zero-order chi connectivity index (χ0) is 17.9. The van der Waals surface area contributed by atoms with Crippen molar-refractivity contribution in [3.63, 3.8) is 0 Å². The molecule has 4 rings (SSSR count). The van der Waals surface area contributed by atoms with Crippen molar-refractivity contribution < 1.29 is 4.79 Å². The summed E-state index contributed by atoms with van der Waals surface area (Å²) in [5, 5.41) is 3.02. The summed E-state index contributed by atoms with van der Waals surface area (Å²) >= 11 is 0. The number of piperidine rings is 1. The Bertz CT molecular complexity index is 963. The molecule has 3 aromatic rings. The number of nitrogens with one attached hydrogen (secondary N) is 3.